The van der Waals surface area contributed by atoms with Crippen LogP contribution in [0.1, 0.15) is 29.6 Å². The molecule has 0 spiro atoms. The molecule has 1 aliphatic carbocycles. The van der Waals surface area contributed by atoms with E-state index < -0.39 is 11.7 Å². The molecule has 1 saturated carbocycles. The number of methoxy groups -OCH3 is 1. The van der Waals surface area contributed by atoms with Gasteiger partial charge in [-0.2, -0.15) is 0 Å². The van der Waals surface area contributed by atoms with E-state index in [0.717, 1.165) is 19.3 Å². The lowest BCUT2D eigenvalue weighted by molar-refractivity contribution is 0.102. The van der Waals surface area contributed by atoms with Gasteiger partial charge in [-0.25, -0.2) is 4.39 Å². The molecule has 5 nitrogen and oxygen atoms in total. The largest absolute Gasteiger partial charge is 0.496 e. The molecule has 1 aliphatic rings. The van der Waals surface area contributed by atoms with Crippen molar-refractivity contribution in [2.24, 2.45) is 0 Å². The Hall–Kier alpha value is -2.47. The Morgan fingerprint density at radius 1 is 1.28 bits per heavy atom. The molecule has 2 aromatic carbocycles. The minimum atomic E-state index is -0.521. The molecule has 7 heteroatoms. The maximum atomic E-state index is 14.1. The highest BCUT2D eigenvalue weighted by atomic mass is 35.5. The number of nitrogens with two attached hydrogens (primary N) is 1. The first-order valence-corrected chi connectivity index (χ1v) is 8.26. The van der Waals surface area contributed by atoms with Crippen LogP contribution in [-0.4, -0.2) is 19.1 Å². The molecular formula is C18H18ClFN2O3. The Balaban J connectivity index is 1.76. The van der Waals surface area contributed by atoms with Gasteiger partial charge < -0.3 is 20.5 Å². The van der Waals surface area contributed by atoms with Gasteiger partial charge in [-0.05, 0) is 37.5 Å². The third-order valence-electron chi connectivity index (χ3n) is 4.10. The maximum Gasteiger partial charge on any atom is 0.259 e. The number of ether oxygens (including phenoxy) is 2. The lowest BCUT2D eigenvalue weighted by Gasteiger charge is -2.26. The summed E-state index contributed by atoms with van der Waals surface area (Å²) in [5, 5.41) is 2.85. The summed E-state index contributed by atoms with van der Waals surface area (Å²) in [5.74, 6) is -0.529. The quantitative estimate of drug-likeness (QED) is 0.778. The summed E-state index contributed by atoms with van der Waals surface area (Å²) in [5.41, 5.74) is 6.52. The van der Waals surface area contributed by atoms with Crippen molar-refractivity contribution in [3.8, 4) is 11.5 Å². The molecule has 3 rings (SSSR count). The number of rotatable bonds is 5. The van der Waals surface area contributed by atoms with Crippen LogP contribution in [-0.2, 0) is 0 Å². The molecule has 1 fully saturated rings. The Labute approximate surface area is 149 Å². The van der Waals surface area contributed by atoms with E-state index in [1.54, 1.807) is 6.07 Å². The number of hydrogen-bond acceptors (Lipinski definition) is 4. The smallest absolute Gasteiger partial charge is 0.259 e. The number of anilines is 2. The highest BCUT2D eigenvalue weighted by molar-refractivity contribution is 6.33. The van der Waals surface area contributed by atoms with Crippen molar-refractivity contribution in [3.63, 3.8) is 0 Å². The first-order valence-electron chi connectivity index (χ1n) is 7.88. The lowest BCUT2D eigenvalue weighted by atomic mass is 9.96. The van der Waals surface area contributed by atoms with Gasteiger partial charge in [0.25, 0.3) is 5.91 Å². The van der Waals surface area contributed by atoms with E-state index in [1.807, 2.05) is 0 Å². The standard InChI is InChI=1S/C18H18ClFN2O3/c1-24-17-9-15(21)13(19)8-12(17)18(23)22-10-5-6-16(14(20)7-10)25-11-3-2-4-11/h5-9,11H,2-4,21H2,1H3,(H,22,23). The highest BCUT2D eigenvalue weighted by Crippen LogP contribution is 2.31. The third kappa shape index (κ3) is 3.79. The van der Waals surface area contributed by atoms with Crippen LogP contribution in [0.5, 0.6) is 11.5 Å². The molecule has 0 heterocycles. The van der Waals surface area contributed by atoms with Gasteiger partial charge >= 0.3 is 0 Å². The van der Waals surface area contributed by atoms with E-state index in [9.17, 15) is 9.18 Å². The van der Waals surface area contributed by atoms with Gasteiger partial charge in [-0.1, -0.05) is 11.6 Å². The molecule has 0 unspecified atom stereocenters. The van der Waals surface area contributed by atoms with E-state index in [4.69, 9.17) is 26.8 Å². The zero-order chi connectivity index (χ0) is 18.0. The molecule has 0 bridgehead atoms. The van der Waals surface area contributed by atoms with E-state index in [1.165, 1.54) is 31.4 Å². The molecule has 0 aliphatic heterocycles. The molecule has 2 aromatic rings. The number of hydrogen-bond donors (Lipinski definition) is 2. The maximum absolute atomic E-state index is 14.1. The molecule has 3 N–H and O–H groups in total. The van der Waals surface area contributed by atoms with Gasteiger partial charge in [-0.3, -0.25) is 4.79 Å². The van der Waals surface area contributed by atoms with Crippen LogP contribution in [0.4, 0.5) is 15.8 Å². The van der Waals surface area contributed by atoms with Gasteiger partial charge in [0.15, 0.2) is 11.6 Å². The SMILES string of the molecule is COc1cc(N)c(Cl)cc1C(=O)Nc1ccc(OC2CCC2)c(F)c1. The fraction of sp³-hybridized carbons (Fsp3) is 0.278. The van der Waals surface area contributed by atoms with Gasteiger partial charge in [0, 0.05) is 17.8 Å². The van der Waals surface area contributed by atoms with E-state index in [2.05, 4.69) is 5.32 Å². The van der Waals surface area contributed by atoms with Crippen LogP contribution >= 0.6 is 11.6 Å². The molecule has 0 saturated heterocycles. The summed E-state index contributed by atoms with van der Waals surface area (Å²) in [6.45, 7) is 0. The van der Waals surface area contributed by atoms with Crippen LogP contribution in [0.2, 0.25) is 5.02 Å². The molecule has 0 atom stereocenters. The van der Waals surface area contributed by atoms with Gasteiger partial charge in [0.2, 0.25) is 0 Å². The van der Waals surface area contributed by atoms with Gasteiger partial charge in [0.1, 0.15) is 5.75 Å². The molecular weight excluding hydrogens is 347 g/mol. The Morgan fingerprint density at radius 2 is 2.04 bits per heavy atom. The molecule has 132 valence electrons. The summed E-state index contributed by atoms with van der Waals surface area (Å²) in [4.78, 5) is 12.4. The number of benzene rings is 2. The average molecular weight is 365 g/mol. The number of carbonyl (C=O) groups is 1. The fourth-order valence-electron chi connectivity index (χ4n) is 2.46. The van der Waals surface area contributed by atoms with Crippen molar-refractivity contribution < 1.29 is 18.7 Å². The lowest BCUT2D eigenvalue weighted by Crippen LogP contribution is -2.25. The second-order valence-electron chi connectivity index (χ2n) is 5.84. The highest BCUT2D eigenvalue weighted by Gasteiger charge is 2.21. The summed E-state index contributed by atoms with van der Waals surface area (Å²) in [6, 6.07) is 7.19. The minimum absolute atomic E-state index is 0.0797. The van der Waals surface area contributed by atoms with Crippen molar-refractivity contribution in [1.82, 2.24) is 0 Å². The van der Waals surface area contributed by atoms with Gasteiger partial charge in [-0.15, -0.1) is 0 Å². The number of carbonyl (C=O) groups excluding carboxylic acids is 1. The van der Waals surface area contributed by atoms with Crippen molar-refractivity contribution in [2.75, 3.05) is 18.2 Å². The van der Waals surface area contributed by atoms with Crippen molar-refractivity contribution in [2.45, 2.75) is 25.4 Å². The predicted molar refractivity (Wildman–Crippen MR) is 95.0 cm³/mol. The minimum Gasteiger partial charge on any atom is -0.496 e. The zero-order valence-electron chi connectivity index (χ0n) is 13.6. The predicted octanol–water partition coefficient (Wildman–Crippen LogP) is 4.25. The van der Waals surface area contributed by atoms with Crippen LogP contribution in [0.15, 0.2) is 30.3 Å². The average Bonchev–Trinajstić information content (AvgIpc) is 2.54. The number of halogens is 2. The third-order valence-corrected chi connectivity index (χ3v) is 4.43. The second kappa shape index (κ2) is 7.19. The summed E-state index contributed by atoms with van der Waals surface area (Å²) >= 11 is 5.97. The van der Waals surface area contributed by atoms with Crippen molar-refractivity contribution in [3.05, 3.63) is 46.7 Å². The first kappa shape index (κ1) is 17.4. The number of nitrogen functional groups attached to an aromatic ring is 1. The normalized spacial score (nSPS) is 13.9. The Bertz CT molecular complexity index is 809. The molecule has 1 amide bonds. The molecule has 0 radical (unpaired) electrons. The summed E-state index contributed by atoms with van der Waals surface area (Å²) < 4.78 is 24.9. The van der Waals surface area contributed by atoms with Crippen LogP contribution < -0.4 is 20.5 Å². The molecule has 25 heavy (non-hydrogen) atoms. The summed E-state index contributed by atoms with van der Waals surface area (Å²) in [6.07, 6.45) is 3.06. The monoisotopic (exact) mass is 364 g/mol. The van der Waals surface area contributed by atoms with E-state index in [-0.39, 0.29) is 28.2 Å². The topological polar surface area (TPSA) is 73.6 Å². The fourth-order valence-corrected chi connectivity index (χ4v) is 2.62. The van der Waals surface area contributed by atoms with Gasteiger partial charge in [0.05, 0.1) is 29.5 Å². The molecule has 0 aromatic heterocycles. The number of nitrogens with one attached hydrogen (secondary N) is 1. The number of amides is 1. The van der Waals surface area contributed by atoms with Crippen LogP contribution in [0, 0.1) is 5.82 Å². The first-order chi connectivity index (χ1) is 12.0. The van der Waals surface area contributed by atoms with E-state index >= 15 is 0 Å². The zero-order valence-corrected chi connectivity index (χ0v) is 14.4. The van der Waals surface area contributed by atoms with Crippen molar-refractivity contribution >= 4 is 28.9 Å². The Morgan fingerprint density at radius 3 is 2.64 bits per heavy atom. The summed E-state index contributed by atoms with van der Waals surface area (Å²) in [7, 11) is 1.42. The Kier molecular flexibility index (Phi) is 4.99. The van der Waals surface area contributed by atoms with Crippen LogP contribution in [0.25, 0.3) is 0 Å². The van der Waals surface area contributed by atoms with Crippen molar-refractivity contribution in [1.29, 1.82) is 0 Å². The second-order valence-corrected chi connectivity index (χ2v) is 6.25. The van der Waals surface area contributed by atoms with E-state index in [0.29, 0.717) is 11.4 Å². The van der Waals surface area contributed by atoms with Crippen LogP contribution in [0.3, 0.4) is 0 Å².